The monoisotopic (exact) mass is 375 g/mol. The fourth-order valence-corrected chi connectivity index (χ4v) is 3.40. The number of hydrogen-bond acceptors (Lipinski definition) is 3. The number of carbonyl (C=O) groups excluding carboxylic acids is 1. The molecule has 3 aromatic rings. The van der Waals surface area contributed by atoms with Crippen LogP contribution in [0.15, 0.2) is 60.8 Å². The Morgan fingerprint density at radius 2 is 1.96 bits per heavy atom. The van der Waals surface area contributed by atoms with E-state index in [2.05, 4.69) is 30.2 Å². The molecule has 5 heteroatoms. The lowest BCUT2D eigenvalue weighted by molar-refractivity contribution is -0.124. The molecule has 4 N–H and O–H groups in total. The molecule has 0 aliphatic carbocycles. The van der Waals surface area contributed by atoms with Crippen molar-refractivity contribution < 1.29 is 10.0 Å². The number of hydrogen-bond donors (Lipinski definition) is 4. The van der Waals surface area contributed by atoms with E-state index in [1.807, 2.05) is 36.4 Å². The maximum absolute atomic E-state index is 11.0. The largest absolute Gasteiger partial charge is 0.361 e. The highest BCUT2D eigenvalue weighted by Gasteiger charge is 2.16. The molecule has 1 amide bonds. The maximum Gasteiger partial charge on any atom is 0.267 e. The van der Waals surface area contributed by atoms with Crippen molar-refractivity contribution in [3.8, 4) is 0 Å². The van der Waals surface area contributed by atoms with E-state index in [0.29, 0.717) is 6.42 Å². The second kappa shape index (κ2) is 9.15. The minimum absolute atomic E-state index is 0.201. The average Bonchev–Trinajstić information content (AvgIpc) is 3.14. The van der Waals surface area contributed by atoms with Crippen molar-refractivity contribution in [1.29, 1.82) is 5.41 Å². The first-order valence-electron chi connectivity index (χ1n) is 9.44. The number of fused-ring (bicyclic) bond motifs is 1. The summed E-state index contributed by atoms with van der Waals surface area (Å²) in [7, 11) is 0. The molecule has 0 spiro atoms. The summed E-state index contributed by atoms with van der Waals surface area (Å²) in [6.07, 6.45) is 7.36. The summed E-state index contributed by atoms with van der Waals surface area (Å²) < 4.78 is 0. The number of carbonyl (C=O) groups is 1. The predicted octanol–water partition coefficient (Wildman–Crippen LogP) is 4.52. The second-order valence-electron chi connectivity index (χ2n) is 6.92. The quantitative estimate of drug-likeness (QED) is 0.202. The van der Waals surface area contributed by atoms with Gasteiger partial charge in [-0.15, -0.1) is 0 Å². The number of aromatic amines is 1. The molecular weight excluding hydrogens is 350 g/mol. The van der Waals surface area contributed by atoms with Gasteiger partial charge < -0.3 is 10.4 Å². The number of hydroxylamine groups is 1. The smallest absolute Gasteiger partial charge is 0.267 e. The number of aromatic nitrogens is 1. The SMILES string of the molecule is CC[C@H](Cc1c[nH]c2ccccc12)C(=N)Cc1ccc(C=CC(=O)NO)cc1. The molecular formula is C23H25N3O2. The van der Waals surface area contributed by atoms with Crippen molar-refractivity contribution in [1.82, 2.24) is 10.5 Å². The molecule has 144 valence electrons. The van der Waals surface area contributed by atoms with Crippen LogP contribution in [0.1, 0.15) is 30.0 Å². The Balaban J connectivity index is 1.65. The highest BCUT2D eigenvalue weighted by molar-refractivity contribution is 5.91. The Labute approximate surface area is 164 Å². The third kappa shape index (κ3) is 4.75. The van der Waals surface area contributed by atoms with Crippen LogP contribution in [-0.4, -0.2) is 21.8 Å². The summed E-state index contributed by atoms with van der Waals surface area (Å²) in [4.78, 5) is 14.4. The van der Waals surface area contributed by atoms with E-state index < -0.39 is 5.91 Å². The van der Waals surface area contributed by atoms with E-state index in [-0.39, 0.29) is 5.92 Å². The predicted molar refractivity (Wildman–Crippen MR) is 113 cm³/mol. The summed E-state index contributed by atoms with van der Waals surface area (Å²) in [6.45, 7) is 2.13. The van der Waals surface area contributed by atoms with Gasteiger partial charge in [0, 0.05) is 41.2 Å². The summed E-state index contributed by atoms with van der Waals surface area (Å²) in [5.74, 6) is -0.360. The first-order valence-corrected chi connectivity index (χ1v) is 9.44. The van der Waals surface area contributed by atoms with Gasteiger partial charge in [0.25, 0.3) is 5.91 Å². The molecule has 0 saturated carbocycles. The summed E-state index contributed by atoms with van der Waals surface area (Å²) in [5, 5.41) is 18.3. The molecule has 28 heavy (non-hydrogen) atoms. The normalized spacial score (nSPS) is 12.4. The Kier molecular flexibility index (Phi) is 6.40. The minimum Gasteiger partial charge on any atom is -0.361 e. The van der Waals surface area contributed by atoms with E-state index in [4.69, 9.17) is 10.6 Å². The van der Waals surface area contributed by atoms with Crippen LogP contribution in [-0.2, 0) is 17.6 Å². The molecule has 0 fully saturated rings. The number of H-pyrrole nitrogens is 1. The van der Waals surface area contributed by atoms with Crippen LogP contribution in [0.4, 0.5) is 0 Å². The molecule has 0 radical (unpaired) electrons. The maximum atomic E-state index is 11.0. The van der Waals surface area contributed by atoms with E-state index in [0.717, 1.165) is 35.2 Å². The summed E-state index contributed by atoms with van der Waals surface area (Å²) in [6, 6.07) is 16.0. The van der Waals surface area contributed by atoms with Crippen molar-refractivity contribution in [2.24, 2.45) is 5.92 Å². The topological polar surface area (TPSA) is 89.0 Å². The number of nitrogens with one attached hydrogen (secondary N) is 3. The lowest BCUT2D eigenvalue weighted by Gasteiger charge is -2.16. The van der Waals surface area contributed by atoms with Gasteiger partial charge in [-0.3, -0.25) is 10.0 Å². The van der Waals surface area contributed by atoms with Crippen molar-refractivity contribution in [3.63, 3.8) is 0 Å². The van der Waals surface area contributed by atoms with Crippen LogP contribution in [0, 0.1) is 11.3 Å². The minimum atomic E-state index is -0.561. The molecule has 0 aliphatic rings. The van der Waals surface area contributed by atoms with Gasteiger partial charge in [-0.25, -0.2) is 5.48 Å². The van der Waals surface area contributed by atoms with Gasteiger partial charge in [0.05, 0.1) is 0 Å². The summed E-state index contributed by atoms with van der Waals surface area (Å²) >= 11 is 0. The van der Waals surface area contributed by atoms with Gasteiger partial charge in [-0.05, 0) is 41.7 Å². The molecule has 1 aromatic heterocycles. The molecule has 5 nitrogen and oxygen atoms in total. The summed E-state index contributed by atoms with van der Waals surface area (Å²) in [5.41, 5.74) is 6.63. The van der Waals surface area contributed by atoms with E-state index in [1.54, 1.807) is 11.6 Å². The first kappa shape index (κ1) is 19.6. The molecule has 2 aromatic carbocycles. The molecule has 3 rings (SSSR count). The Morgan fingerprint density at radius 3 is 2.68 bits per heavy atom. The zero-order valence-corrected chi connectivity index (χ0v) is 15.9. The lowest BCUT2D eigenvalue weighted by Crippen LogP contribution is -2.18. The van der Waals surface area contributed by atoms with Crippen LogP contribution >= 0.6 is 0 Å². The molecule has 1 atom stereocenters. The fourth-order valence-electron chi connectivity index (χ4n) is 3.40. The number of para-hydroxylation sites is 1. The molecule has 0 aliphatic heterocycles. The van der Waals surface area contributed by atoms with Crippen LogP contribution in [0.3, 0.4) is 0 Å². The van der Waals surface area contributed by atoms with Crippen LogP contribution in [0.5, 0.6) is 0 Å². The van der Waals surface area contributed by atoms with Gasteiger partial charge >= 0.3 is 0 Å². The first-order chi connectivity index (χ1) is 13.6. The zero-order chi connectivity index (χ0) is 19.9. The zero-order valence-electron chi connectivity index (χ0n) is 15.9. The standard InChI is InChI=1S/C23H25N3O2/c1-2-18(14-19-15-25-22-6-4-3-5-20(19)22)21(24)13-17-9-7-16(8-10-17)11-12-23(27)26-28/h3-12,15,18,24-25,28H,2,13-14H2,1H3,(H,26,27)/t18-/m1/s1. The molecule has 0 bridgehead atoms. The van der Waals surface area contributed by atoms with Gasteiger partial charge in [-0.1, -0.05) is 49.4 Å². The number of benzene rings is 2. The Hall–Kier alpha value is -3.18. The molecule has 1 heterocycles. The third-order valence-electron chi connectivity index (χ3n) is 5.04. The molecule has 0 saturated heterocycles. The van der Waals surface area contributed by atoms with Gasteiger partial charge in [-0.2, -0.15) is 0 Å². The van der Waals surface area contributed by atoms with E-state index in [9.17, 15) is 4.79 Å². The Bertz CT molecular complexity index is 987. The van der Waals surface area contributed by atoms with Crippen molar-refractivity contribution >= 4 is 28.6 Å². The van der Waals surface area contributed by atoms with Crippen molar-refractivity contribution in [3.05, 3.63) is 77.5 Å². The van der Waals surface area contributed by atoms with Gasteiger partial charge in [0.1, 0.15) is 0 Å². The highest BCUT2D eigenvalue weighted by atomic mass is 16.5. The van der Waals surface area contributed by atoms with Crippen LogP contribution in [0.2, 0.25) is 0 Å². The second-order valence-corrected chi connectivity index (χ2v) is 6.92. The van der Waals surface area contributed by atoms with E-state index in [1.165, 1.54) is 17.0 Å². The van der Waals surface area contributed by atoms with E-state index >= 15 is 0 Å². The van der Waals surface area contributed by atoms with Crippen molar-refractivity contribution in [2.45, 2.75) is 26.2 Å². The highest BCUT2D eigenvalue weighted by Crippen LogP contribution is 2.23. The van der Waals surface area contributed by atoms with Crippen LogP contribution < -0.4 is 5.48 Å². The molecule has 0 unspecified atom stereocenters. The van der Waals surface area contributed by atoms with Crippen molar-refractivity contribution in [2.75, 3.05) is 0 Å². The average molecular weight is 375 g/mol. The van der Waals surface area contributed by atoms with Crippen LogP contribution in [0.25, 0.3) is 17.0 Å². The number of rotatable bonds is 8. The lowest BCUT2D eigenvalue weighted by atomic mass is 9.89. The van der Waals surface area contributed by atoms with Gasteiger partial charge in [0.15, 0.2) is 0 Å². The Morgan fingerprint density at radius 1 is 1.21 bits per heavy atom. The fraction of sp³-hybridized carbons (Fsp3) is 0.217. The number of amides is 1. The third-order valence-corrected chi connectivity index (χ3v) is 5.04. The van der Waals surface area contributed by atoms with Gasteiger partial charge in [0.2, 0.25) is 0 Å².